The van der Waals surface area contributed by atoms with E-state index in [1.54, 1.807) is 11.1 Å². The molecule has 0 bridgehead atoms. The topological polar surface area (TPSA) is 59.0 Å². The Morgan fingerprint density at radius 3 is 2.64 bits per heavy atom. The van der Waals surface area contributed by atoms with Gasteiger partial charge >= 0.3 is 0 Å². The van der Waals surface area contributed by atoms with E-state index in [1.165, 1.54) is 5.56 Å². The zero-order valence-electron chi connectivity index (χ0n) is 17.1. The second-order valence-corrected chi connectivity index (χ2v) is 7.32. The Labute approximate surface area is 166 Å². The summed E-state index contributed by atoms with van der Waals surface area (Å²) in [6.45, 7) is 7.94. The van der Waals surface area contributed by atoms with E-state index >= 15 is 0 Å². The number of carbonyl (C=O) groups is 1. The Morgan fingerprint density at radius 1 is 1.11 bits per heavy atom. The normalized spacial score (nSPS) is 11.9. The number of aromatic nitrogens is 3. The van der Waals surface area contributed by atoms with Gasteiger partial charge < -0.3 is 4.90 Å². The van der Waals surface area contributed by atoms with Gasteiger partial charge in [0, 0.05) is 48.7 Å². The lowest BCUT2D eigenvalue weighted by molar-refractivity contribution is 0.0743. The summed E-state index contributed by atoms with van der Waals surface area (Å²) in [5.41, 5.74) is 6.23. The van der Waals surface area contributed by atoms with Crippen molar-refractivity contribution in [2.24, 2.45) is 0 Å². The molecule has 0 saturated carbocycles. The Kier molecular flexibility index (Phi) is 5.83. The zero-order valence-corrected chi connectivity index (χ0v) is 17.1. The van der Waals surface area contributed by atoms with Crippen LogP contribution in [-0.2, 0) is 6.42 Å². The number of aryl methyl sites for hydroxylation is 3. The minimum atomic E-state index is -0.0136. The van der Waals surface area contributed by atoms with Crippen LogP contribution < -0.4 is 0 Å². The molecular formula is C23H26N4O. The van der Waals surface area contributed by atoms with Crippen molar-refractivity contribution in [1.82, 2.24) is 19.9 Å². The van der Waals surface area contributed by atoms with Crippen LogP contribution in [0.15, 0.2) is 48.8 Å². The Hall–Kier alpha value is -3.08. The minimum Gasteiger partial charge on any atom is -0.339 e. The van der Waals surface area contributed by atoms with Crippen LogP contribution in [0.4, 0.5) is 0 Å². The lowest BCUT2D eigenvalue weighted by atomic mass is 10.0. The fourth-order valence-corrected chi connectivity index (χ4v) is 3.16. The van der Waals surface area contributed by atoms with Gasteiger partial charge in [-0.05, 0) is 57.5 Å². The summed E-state index contributed by atoms with van der Waals surface area (Å²) in [6.07, 6.45) is 4.28. The molecule has 0 aliphatic carbocycles. The monoisotopic (exact) mass is 374 g/mol. The second-order valence-electron chi connectivity index (χ2n) is 7.32. The van der Waals surface area contributed by atoms with Crippen LogP contribution in [0, 0.1) is 20.8 Å². The van der Waals surface area contributed by atoms with Gasteiger partial charge in [0.15, 0.2) is 0 Å². The van der Waals surface area contributed by atoms with Gasteiger partial charge in [0.1, 0.15) is 0 Å². The number of benzene rings is 1. The van der Waals surface area contributed by atoms with Crippen LogP contribution in [0.3, 0.4) is 0 Å². The molecule has 0 spiro atoms. The van der Waals surface area contributed by atoms with Crippen molar-refractivity contribution >= 4 is 5.91 Å². The summed E-state index contributed by atoms with van der Waals surface area (Å²) in [7, 11) is 1.84. The van der Waals surface area contributed by atoms with Crippen molar-refractivity contribution in [2.45, 2.75) is 40.2 Å². The molecule has 3 rings (SSSR count). The largest absolute Gasteiger partial charge is 0.339 e. The number of carbonyl (C=O) groups excluding carboxylic acids is 1. The molecular weight excluding hydrogens is 348 g/mol. The standard InChI is InChI=1S/C23H26N4O/c1-15-9-10-24-21(11-15)12-17(3)27(5)23(28)20-8-6-7-19(13-20)22-18(4)25-14-16(2)26-22/h6-11,13-14,17H,12H2,1-5H3. The van der Waals surface area contributed by atoms with Crippen LogP contribution in [-0.4, -0.2) is 38.8 Å². The molecule has 1 atom stereocenters. The molecule has 144 valence electrons. The van der Waals surface area contributed by atoms with E-state index in [2.05, 4.69) is 21.0 Å². The number of hydrogen-bond acceptors (Lipinski definition) is 4. The molecule has 2 heterocycles. The summed E-state index contributed by atoms with van der Waals surface area (Å²) in [5.74, 6) is -0.0136. The van der Waals surface area contributed by atoms with E-state index in [-0.39, 0.29) is 11.9 Å². The molecule has 0 aliphatic heterocycles. The highest BCUT2D eigenvalue weighted by Gasteiger charge is 2.19. The number of likely N-dealkylation sites (N-methyl/N-ethyl adjacent to an activating group) is 1. The lowest BCUT2D eigenvalue weighted by Crippen LogP contribution is -2.36. The average molecular weight is 374 g/mol. The van der Waals surface area contributed by atoms with Gasteiger partial charge in [0.25, 0.3) is 5.91 Å². The molecule has 1 aromatic carbocycles. The van der Waals surface area contributed by atoms with Crippen molar-refractivity contribution in [2.75, 3.05) is 7.05 Å². The highest BCUT2D eigenvalue weighted by Crippen LogP contribution is 2.22. The quantitative estimate of drug-likeness (QED) is 0.673. The van der Waals surface area contributed by atoms with Crippen molar-refractivity contribution < 1.29 is 4.79 Å². The smallest absolute Gasteiger partial charge is 0.253 e. The molecule has 1 unspecified atom stereocenters. The molecule has 2 aromatic heterocycles. The number of rotatable bonds is 5. The third-order valence-corrected chi connectivity index (χ3v) is 4.92. The van der Waals surface area contributed by atoms with Crippen molar-refractivity contribution in [1.29, 1.82) is 0 Å². The first-order chi connectivity index (χ1) is 13.3. The van der Waals surface area contributed by atoms with Crippen LogP contribution in [0.1, 0.15) is 39.9 Å². The molecule has 0 aliphatic rings. The van der Waals surface area contributed by atoms with Gasteiger partial charge in [0.2, 0.25) is 0 Å². The predicted octanol–water partition coefficient (Wildman–Crippen LogP) is 4.17. The second kappa shape index (κ2) is 8.30. The Bertz CT molecular complexity index is 999. The molecule has 28 heavy (non-hydrogen) atoms. The average Bonchev–Trinajstić information content (AvgIpc) is 2.68. The number of hydrogen-bond donors (Lipinski definition) is 0. The van der Waals surface area contributed by atoms with E-state index in [1.807, 2.05) is 71.3 Å². The maximum Gasteiger partial charge on any atom is 0.253 e. The maximum absolute atomic E-state index is 13.0. The number of amides is 1. The summed E-state index contributed by atoms with van der Waals surface area (Å²) in [5, 5.41) is 0. The van der Waals surface area contributed by atoms with Crippen LogP contribution in [0.5, 0.6) is 0 Å². The lowest BCUT2D eigenvalue weighted by Gasteiger charge is -2.25. The molecule has 0 radical (unpaired) electrons. The van der Waals surface area contributed by atoms with Gasteiger partial charge in [-0.15, -0.1) is 0 Å². The van der Waals surface area contributed by atoms with E-state index in [9.17, 15) is 4.79 Å². The van der Waals surface area contributed by atoms with Gasteiger partial charge in [-0.3, -0.25) is 14.8 Å². The highest BCUT2D eigenvalue weighted by atomic mass is 16.2. The number of pyridine rings is 1. The summed E-state index contributed by atoms with van der Waals surface area (Å²) in [6, 6.07) is 11.7. The minimum absolute atomic E-state index is 0.0136. The van der Waals surface area contributed by atoms with Gasteiger partial charge in [-0.1, -0.05) is 12.1 Å². The van der Waals surface area contributed by atoms with E-state index in [0.717, 1.165) is 28.3 Å². The Morgan fingerprint density at radius 2 is 1.89 bits per heavy atom. The molecule has 5 nitrogen and oxygen atoms in total. The molecule has 3 aromatic rings. The van der Waals surface area contributed by atoms with Gasteiger partial charge in [-0.25, -0.2) is 4.98 Å². The third kappa shape index (κ3) is 4.42. The summed E-state index contributed by atoms with van der Waals surface area (Å²) < 4.78 is 0. The molecule has 0 fully saturated rings. The fraction of sp³-hybridized carbons (Fsp3) is 0.304. The fourth-order valence-electron chi connectivity index (χ4n) is 3.16. The first-order valence-electron chi connectivity index (χ1n) is 9.44. The van der Waals surface area contributed by atoms with Crippen molar-refractivity contribution in [3.05, 3.63) is 77.0 Å². The van der Waals surface area contributed by atoms with Gasteiger partial charge in [0.05, 0.1) is 17.1 Å². The van der Waals surface area contributed by atoms with Crippen molar-refractivity contribution in [3.8, 4) is 11.3 Å². The zero-order chi connectivity index (χ0) is 20.3. The third-order valence-electron chi connectivity index (χ3n) is 4.92. The maximum atomic E-state index is 13.0. The van der Waals surface area contributed by atoms with E-state index < -0.39 is 0 Å². The molecule has 5 heteroatoms. The van der Waals surface area contributed by atoms with Crippen molar-refractivity contribution in [3.63, 3.8) is 0 Å². The highest BCUT2D eigenvalue weighted by molar-refractivity contribution is 5.95. The first kappa shape index (κ1) is 19.7. The predicted molar refractivity (Wildman–Crippen MR) is 111 cm³/mol. The summed E-state index contributed by atoms with van der Waals surface area (Å²) >= 11 is 0. The van der Waals surface area contributed by atoms with E-state index in [0.29, 0.717) is 12.0 Å². The SMILES string of the molecule is Cc1ccnc(CC(C)N(C)C(=O)c2cccc(-c3nc(C)cnc3C)c2)c1. The Balaban J connectivity index is 1.81. The molecule has 0 saturated heterocycles. The number of nitrogens with zero attached hydrogens (tertiary/aromatic N) is 4. The van der Waals surface area contributed by atoms with Crippen LogP contribution in [0.25, 0.3) is 11.3 Å². The summed E-state index contributed by atoms with van der Waals surface area (Å²) in [4.78, 5) is 28.2. The van der Waals surface area contributed by atoms with Crippen LogP contribution in [0.2, 0.25) is 0 Å². The van der Waals surface area contributed by atoms with Crippen LogP contribution >= 0.6 is 0 Å². The molecule has 0 N–H and O–H groups in total. The first-order valence-corrected chi connectivity index (χ1v) is 9.44. The van der Waals surface area contributed by atoms with E-state index in [4.69, 9.17) is 0 Å². The van der Waals surface area contributed by atoms with Gasteiger partial charge in [-0.2, -0.15) is 0 Å². The molecule has 1 amide bonds.